The monoisotopic (exact) mass is 1510 g/mol. The number of guanidine groups is 1. The van der Waals surface area contributed by atoms with Crippen LogP contribution in [0.1, 0.15) is 159 Å². The smallest absolute Gasteiger partial charge is 0.305 e. The molecule has 0 aromatic heterocycles. The molecule has 35 nitrogen and oxygen atoms in total. The van der Waals surface area contributed by atoms with E-state index < -0.39 is 216 Å². The fraction of sp³-hybridized carbons (Fsp3) is 0.761. The van der Waals surface area contributed by atoms with Crippen LogP contribution in [-0.2, 0) is 71.9 Å². The summed E-state index contributed by atoms with van der Waals surface area (Å²) in [6.07, 6.45) is 0.818. The van der Waals surface area contributed by atoms with Gasteiger partial charge in [0.2, 0.25) is 82.7 Å². The molecule has 0 aliphatic carbocycles. The average molecular weight is 1510 g/mol. The van der Waals surface area contributed by atoms with Crippen molar-refractivity contribution >= 4 is 116 Å². The van der Waals surface area contributed by atoms with E-state index in [1.807, 2.05) is 0 Å². The van der Waals surface area contributed by atoms with Crippen molar-refractivity contribution in [2.45, 2.75) is 237 Å². The lowest BCUT2D eigenvalue weighted by Crippen LogP contribution is -2.62. The Kier molecular flexibility index (Phi) is 34.1. The molecule has 0 unspecified atom stereocenters. The van der Waals surface area contributed by atoms with Crippen LogP contribution in [0, 0.1) is 23.2 Å². The molecule has 5 aliphatic heterocycles. The lowest BCUT2D eigenvalue weighted by molar-refractivity contribution is -0.149. The Balaban J connectivity index is 1.70. The first kappa shape index (κ1) is 86.6. The largest absolute Gasteiger partial charge is 0.481 e. The zero-order chi connectivity index (χ0) is 77.4. The maximum Gasteiger partial charge on any atom is 0.305 e. The Morgan fingerprint density at radius 2 is 0.981 bits per heavy atom. The minimum absolute atomic E-state index is 0.00593. The number of nitrogens with one attached hydrogen (secondary N) is 10. The predicted molar refractivity (Wildman–Crippen MR) is 384 cm³/mol. The summed E-state index contributed by atoms with van der Waals surface area (Å²) < 4.78 is 0. The lowest BCUT2D eigenvalue weighted by atomic mass is 9.87. The summed E-state index contributed by atoms with van der Waals surface area (Å²) >= 11 is 0. The Hall–Kier alpha value is -8.06. The van der Waals surface area contributed by atoms with E-state index in [9.17, 15) is 72.9 Å². The topological polar surface area (TPSA) is 514 Å². The molecule has 5 rings (SSSR count). The molecule has 0 radical (unpaired) electrons. The molecular weight excluding hydrogens is 1390 g/mol. The number of carbonyl (C=O) groups is 15. The van der Waals surface area contributed by atoms with Gasteiger partial charge in [-0.25, -0.2) is 0 Å². The van der Waals surface area contributed by atoms with Crippen LogP contribution in [0.4, 0.5) is 0 Å². The average Bonchev–Trinajstić information content (AvgIpc) is 1.61. The Labute approximate surface area is 614 Å². The van der Waals surface area contributed by atoms with Crippen molar-refractivity contribution < 1.29 is 87.2 Å². The van der Waals surface area contributed by atoms with E-state index in [-0.39, 0.29) is 102 Å². The summed E-state index contributed by atoms with van der Waals surface area (Å²) in [6, 6.07) is -19.1. The van der Waals surface area contributed by atoms with Crippen LogP contribution in [0.25, 0.3) is 0 Å². The van der Waals surface area contributed by atoms with E-state index in [0.717, 1.165) is 26.5 Å². The molecule has 104 heavy (non-hydrogen) atoms. The number of hydrogen-bond donors (Lipinski definition) is 15. The van der Waals surface area contributed by atoms with E-state index in [2.05, 4.69) is 58.2 Å². The van der Waals surface area contributed by atoms with E-state index in [4.69, 9.17) is 11.5 Å². The Morgan fingerprint density at radius 3 is 1.52 bits per heavy atom. The minimum Gasteiger partial charge on any atom is -0.481 e. The number of amides is 14. The van der Waals surface area contributed by atoms with Crippen molar-refractivity contribution in [2.24, 2.45) is 39.6 Å². The first-order valence-electron chi connectivity index (χ1n) is 36.0. The Bertz CT molecular complexity index is 3120. The molecule has 17 N–H and O–H groups in total. The summed E-state index contributed by atoms with van der Waals surface area (Å²) in [5, 5.41) is 57.6. The number of nitrogens with zero attached hydrogens (tertiary/aromatic N) is 5. The number of aliphatic hydroxyl groups is 2. The lowest BCUT2D eigenvalue weighted by Gasteiger charge is -2.36. The van der Waals surface area contributed by atoms with Crippen LogP contribution in [0.5, 0.6) is 0 Å². The Morgan fingerprint density at radius 1 is 0.519 bits per heavy atom. The quantitative estimate of drug-likeness (QED) is 0.0328. The summed E-state index contributed by atoms with van der Waals surface area (Å²) in [4.78, 5) is 226. The molecule has 37 heteroatoms. The highest BCUT2D eigenvalue weighted by Gasteiger charge is 2.48. The van der Waals surface area contributed by atoms with E-state index in [0.29, 0.717) is 32.1 Å². The van der Waals surface area contributed by atoms with Crippen LogP contribution in [0.3, 0.4) is 0 Å². The second-order valence-electron chi connectivity index (χ2n) is 28.7. The normalized spacial score (nSPS) is 29.2. The maximum atomic E-state index is 15.4. The summed E-state index contributed by atoms with van der Waals surface area (Å²) in [6.45, 7) is 13.4. The third kappa shape index (κ3) is 24.5. The number of fused-ring (bicyclic) bond motifs is 8. The van der Waals surface area contributed by atoms with Crippen LogP contribution in [-0.4, -0.2) is 273 Å². The van der Waals surface area contributed by atoms with Gasteiger partial charge in [-0.2, -0.15) is 0 Å². The molecular formula is C67H111N17O18S2. The number of hydrogen-bond acceptors (Lipinski definition) is 20. The molecule has 5 aliphatic rings. The van der Waals surface area contributed by atoms with Crippen molar-refractivity contribution in [2.75, 3.05) is 64.5 Å². The number of aliphatic carboxylic acids is 1. The van der Waals surface area contributed by atoms with Gasteiger partial charge in [-0.3, -0.25) is 76.9 Å². The second-order valence-corrected chi connectivity index (χ2v) is 31.3. The van der Waals surface area contributed by atoms with Gasteiger partial charge < -0.3 is 99.6 Å². The predicted octanol–water partition coefficient (Wildman–Crippen LogP) is -3.46. The number of carboxylic acids is 1. The fourth-order valence-corrected chi connectivity index (χ4v) is 15.4. The SMILES string of the molecule is CC[C@H](C)[C@@H]1NC(=O)CCCNC(=O)[C@H](CC(=O)O)NC(=O)[C@@H]2CCCN2C(=O)[C@H]([C@@H](C)CC)NC(=O)[C@@H]2CSSC[C@H](NC1=O)C(=O)N[C@@H](CO)C(=O)N[C@@H](CCCN=C(N)N)C(=O)N[C@@H](CO)C(=O)N[C@@H](CC(C)(C)C)C(=O)N1CCC[C@H]1C(=O)N1CCC[C@H]1C(=O)N[C@@H]([C@@H](C)CC)C(=O)N2C. The van der Waals surface area contributed by atoms with Crippen LogP contribution in [0.2, 0.25) is 0 Å². The molecule has 2 bridgehead atoms. The van der Waals surface area contributed by atoms with E-state index in [1.165, 1.54) is 21.7 Å². The van der Waals surface area contributed by atoms with Crippen molar-refractivity contribution in [3.8, 4) is 0 Å². The molecule has 0 aromatic rings. The van der Waals surface area contributed by atoms with Crippen molar-refractivity contribution in [3.63, 3.8) is 0 Å². The zero-order valence-electron chi connectivity index (χ0n) is 61.4. The van der Waals surface area contributed by atoms with E-state index in [1.54, 1.807) is 62.3 Å². The van der Waals surface area contributed by atoms with Crippen molar-refractivity contribution in [1.29, 1.82) is 0 Å². The van der Waals surface area contributed by atoms with Gasteiger partial charge in [0, 0.05) is 57.7 Å². The maximum absolute atomic E-state index is 15.4. The number of likely N-dealkylation sites (N-methyl/N-ethyl adjacent to an activating group) is 1. The molecule has 584 valence electrons. The molecule has 0 saturated carbocycles. The first-order chi connectivity index (χ1) is 49.1. The number of carbonyl (C=O) groups excluding carboxylic acids is 14. The van der Waals surface area contributed by atoms with Crippen LogP contribution in [0.15, 0.2) is 4.99 Å². The fourth-order valence-electron chi connectivity index (χ4n) is 13.0. The number of rotatable bonds is 15. The highest BCUT2D eigenvalue weighted by atomic mass is 33.1. The van der Waals surface area contributed by atoms with Crippen LogP contribution >= 0.6 is 21.6 Å². The van der Waals surface area contributed by atoms with Gasteiger partial charge in [-0.1, -0.05) is 103 Å². The van der Waals surface area contributed by atoms with Crippen molar-refractivity contribution in [1.82, 2.24) is 72.8 Å². The van der Waals surface area contributed by atoms with E-state index >= 15 is 14.4 Å². The molecule has 0 spiro atoms. The summed E-state index contributed by atoms with van der Waals surface area (Å²) in [5.41, 5.74) is 10.5. The molecule has 5 fully saturated rings. The first-order valence-corrected chi connectivity index (χ1v) is 38.5. The number of aliphatic hydroxyl groups excluding tert-OH is 2. The van der Waals surface area contributed by atoms with Gasteiger partial charge in [0.25, 0.3) is 0 Å². The molecule has 5 saturated heterocycles. The van der Waals surface area contributed by atoms with Crippen molar-refractivity contribution in [3.05, 3.63) is 0 Å². The van der Waals surface area contributed by atoms with Gasteiger partial charge >= 0.3 is 5.97 Å². The summed E-state index contributed by atoms with van der Waals surface area (Å²) in [5.74, 6) is -16.5. The summed E-state index contributed by atoms with van der Waals surface area (Å²) in [7, 11) is 3.14. The molecule has 0 aromatic carbocycles. The number of carboxylic acid groups (broad SMARTS) is 1. The molecule has 5 heterocycles. The van der Waals surface area contributed by atoms with Gasteiger partial charge in [0.05, 0.1) is 19.6 Å². The molecule has 16 atom stereocenters. The van der Waals surface area contributed by atoms with Gasteiger partial charge in [0.15, 0.2) is 5.96 Å². The van der Waals surface area contributed by atoms with Gasteiger partial charge in [0.1, 0.15) is 78.5 Å². The highest BCUT2D eigenvalue weighted by Crippen LogP contribution is 2.31. The van der Waals surface area contributed by atoms with Gasteiger partial charge in [-0.05, 0) is 87.4 Å². The third-order valence-electron chi connectivity index (χ3n) is 19.7. The second kappa shape index (κ2) is 41.0. The molecule has 14 amide bonds. The number of nitrogens with two attached hydrogens (primary N) is 2. The highest BCUT2D eigenvalue weighted by molar-refractivity contribution is 8.76. The van der Waals surface area contributed by atoms with Crippen LogP contribution < -0.4 is 64.6 Å². The standard InChI is InChI=1S/C67H111N17O18S2/c1-11-35(4)50-61(98)77-43-33-103-104-34-47(60(97)80-52(37(6)13-3)65(102)83-27-17-20-44(83)58(95)73-39(29-49(88)89)53(90)70-24-15-23-48(87)78-50)81(10)64(101)51(36(5)12-2)79-59(96)45-21-16-26-82(45)63(100)46-22-18-28-84(46)62(99)40(30-67(7,8)9)74-56(93)42(32-86)75-54(91)38(19-14-25-71-66(68)69)72-55(92)41(31-85)76-57(43)94/h35-47,50-52,85-86H,11-34H2,1-10H3,(H,70,90)(H,72,92)(H,73,95)(H,74,93)(H,75,91)(H,76,94)(H,77,98)(H,78,87)(H,79,96)(H,80,97)(H,88,89)(H4,68,69,71)/t35-,36-,37-,38-,39-,40-,41-,42-,43-,44-,45-,46-,47-,50-,51-,52-/m0/s1. The minimum atomic E-state index is -1.89. The van der Waals surface area contributed by atoms with Gasteiger partial charge in [-0.15, -0.1) is 0 Å². The third-order valence-corrected chi connectivity index (χ3v) is 22.1. The number of aliphatic imine (C=N–C) groups is 1. The zero-order valence-corrected chi connectivity index (χ0v) is 63.0.